The molecule has 5 nitrogen and oxygen atoms in total. The van der Waals surface area contributed by atoms with E-state index in [4.69, 9.17) is 17.2 Å². The van der Waals surface area contributed by atoms with E-state index in [2.05, 4.69) is 33.2 Å². The van der Waals surface area contributed by atoms with Crippen molar-refractivity contribution < 1.29 is 9.69 Å². The zero-order valence-corrected chi connectivity index (χ0v) is 19.2. The maximum atomic E-state index is 13.2. The summed E-state index contributed by atoms with van der Waals surface area (Å²) in [6, 6.07) is 17.5. The Labute approximate surface area is 190 Å². The summed E-state index contributed by atoms with van der Waals surface area (Å²) in [6.45, 7) is 3.86. The van der Waals surface area contributed by atoms with Crippen LogP contribution in [0.5, 0.6) is 0 Å². The van der Waals surface area contributed by atoms with Crippen molar-refractivity contribution in [1.82, 2.24) is 15.2 Å². The summed E-state index contributed by atoms with van der Waals surface area (Å²) >= 11 is 9.09. The molecule has 2 aromatic carbocycles. The number of benzene rings is 2. The van der Waals surface area contributed by atoms with Crippen molar-refractivity contribution in [3.63, 3.8) is 0 Å². The number of halogens is 1. The standard InChI is InChI=1S/C23H23BrN4OS/c1-27-10-5-11-28(13-12-27)23(30)26-22(29)19-15-21(16-6-4-7-17(24)14-16)25-20-9-3-2-8-18(19)20/h2-4,6-9,14-15H,5,10-13H2,1H3,(H,26,29,30)/p+1. The predicted octanol–water partition coefficient (Wildman–Crippen LogP) is 2.90. The molecule has 0 saturated carbocycles. The van der Waals surface area contributed by atoms with Gasteiger partial charge in [0.2, 0.25) is 0 Å². The number of fused-ring (bicyclic) bond motifs is 1. The maximum absolute atomic E-state index is 13.2. The van der Waals surface area contributed by atoms with Crippen molar-refractivity contribution in [2.75, 3.05) is 33.2 Å². The number of quaternary nitrogens is 1. The van der Waals surface area contributed by atoms with Gasteiger partial charge in [-0.2, -0.15) is 0 Å². The monoisotopic (exact) mass is 483 g/mol. The van der Waals surface area contributed by atoms with E-state index < -0.39 is 0 Å². The topological polar surface area (TPSA) is 49.7 Å². The molecule has 1 aliphatic rings. The Balaban J connectivity index is 1.65. The fourth-order valence-corrected chi connectivity index (χ4v) is 4.41. The third kappa shape index (κ3) is 4.69. The SMILES string of the molecule is C[NH+]1CCCN(C(=S)NC(=O)c2cc(-c3cccc(Br)c3)nc3ccccc23)CC1. The van der Waals surface area contributed by atoms with E-state index in [1.807, 2.05) is 54.6 Å². The normalized spacial score (nSPS) is 16.9. The van der Waals surface area contributed by atoms with E-state index in [0.29, 0.717) is 10.7 Å². The summed E-state index contributed by atoms with van der Waals surface area (Å²) in [5.41, 5.74) is 3.07. The van der Waals surface area contributed by atoms with Gasteiger partial charge in [0.05, 0.1) is 43.5 Å². The molecular weight excluding hydrogens is 460 g/mol. The first-order valence-corrected chi connectivity index (χ1v) is 11.3. The van der Waals surface area contributed by atoms with E-state index in [1.165, 1.54) is 4.90 Å². The Morgan fingerprint density at radius 3 is 2.80 bits per heavy atom. The van der Waals surface area contributed by atoms with Gasteiger partial charge in [-0.05, 0) is 36.5 Å². The van der Waals surface area contributed by atoms with Crippen LogP contribution in [0.2, 0.25) is 0 Å². The predicted molar refractivity (Wildman–Crippen MR) is 128 cm³/mol. The number of rotatable bonds is 2. The molecule has 3 aromatic rings. The second-order valence-corrected chi connectivity index (χ2v) is 8.94. The number of hydrogen-bond acceptors (Lipinski definition) is 3. The lowest BCUT2D eigenvalue weighted by atomic mass is 10.0. The van der Waals surface area contributed by atoms with Crippen LogP contribution in [0.15, 0.2) is 59.1 Å². The number of aromatic nitrogens is 1. The molecule has 1 saturated heterocycles. The van der Waals surface area contributed by atoms with Gasteiger partial charge in [-0.15, -0.1) is 0 Å². The van der Waals surface area contributed by atoms with Gasteiger partial charge in [-0.3, -0.25) is 10.1 Å². The maximum Gasteiger partial charge on any atom is 0.258 e. The number of amides is 1. The zero-order chi connectivity index (χ0) is 21.1. The fourth-order valence-electron chi connectivity index (χ4n) is 3.74. The smallest absolute Gasteiger partial charge is 0.258 e. The molecule has 1 amide bonds. The van der Waals surface area contributed by atoms with Crippen molar-refractivity contribution in [1.29, 1.82) is 0 Å². The lowest BCUT2D eigenvalue weighted by Crippen LogP contribution is -3.09. The molecule has 1 aliphatic heterocycles. The van der Waals surface area contributed by atoms with Crippen LogP contribution in [0.3, 0.4) is 0 Å². The second kappa shape index (κ2) is 9.20. The van der Waals surface area contributed by atoms with E-state index in [9.17, 15) is 4.79 Å². The lowest BCUT2D eigenvalue weighted by Gasteiger charge is -2.22. The highest BCUT2D eigenvalue weighted by Gasteiger charge is 2.20. The molecule has 30 heavy (non-hydrogen) atoms. The number of pyridine rings is 1. The highest BCUT2D eigenvalue weighted by Crippen LogP contribution is 2.26. The minimum atomic E-state index is -0.195. The quantitative estimate of drug-likeness (QED) is 0.550. The summed E-state index contributed by atoms with van der Waals surface area (Å²) in [5, 5.41) is 4.28. The third-order valence-electron chi connectivity index (χ3n) is 5.43. The molecule has 1 fully saturated rings. The van der Waals surface area contributed by atoms with Gasteiger partial charge >= 0.3 is 0 Å². The Kier molecular flexibility index (Phi) is 6.41. The van der Waals surface area contributed by atoms with Crippen molar-refractivity contribution in [3.05, 3.63) is 64.6 Å². The number of nitrogens with zero attached hydrogens (tertiary/aromatic N) is 2. The largest absolute Gasteiger partial charge is 0.343 e. The molecule has 0 radical (unpaired) electrons. The highest BCUT2D eigenvalue weighted by atomic mass is 79.9. The van der Waals surface area contributed by atoms with Gasteiger partial charge in [0.1, 0.15) is 0 Å². The highest BCUT2D eigenvalue weighted by molar-refractivity contribution is 9.10. The van der Waals surface area contributed by atoms with E-state index in [-0.39, 0.29) is 5.91 Å². The lowest BCUT2D eigenvalue weighted by molar-refractivity contribution is -0.877. The van der Waals surface area contributed by atoms with Crippen LogP contribution in [-0.2, 0) is 0 Å². The first kappa shape index (κ1) is 20.9. The number of carbonyl (C=O) groups excluding carboxylic acids is 1. The van der Waals surface area contributed by atoms with Gasteiger partial charge in [0.25, 0.3) is 5.91 Å². The van der Waals surface area contributed by atoms with Crippen LogP contribution in [0.4, 0.5) is 0 Å². The van der Waals surface area contributed by atoms with Crippen LogP contribution < -0.4 is 10.2 Å². The molecule has 1 unspecified atom stereocenters. The summed E-state index contributed by atoms with van der Waals surface area (Å²) in [6.07, 6.45) is 1.06. The third-order valence-corrected chi connectivity index (χ3v) is 6.28. The number of carbonyl (C=O) groups is 1. The molecule has 0 bridgehead atoms. The van der Waals surface area contributed by atoms with Gasteiger partial charge in [0, 0.05) is 28.4 Å². The van der Waals surface area contributed by atoms with E-state index in [0.717, 1.165) is 59.2 Å². The van der Waals surface area contributed by atoms with Gasteiger partial charge < -0.3 is 9.80 Å². The van der Waals surface area contributed by atoms with Crippen molar-refractivity contribution in [2.24, 2.45) is 0 Å². The average Bonchev–Trinajstić information content (AvgIpc) is 2.97. The molecule has 4 rings (SSSR count). The van der Waals surface area contributed by atoms with Gasteiger partial charge in [-0.25, -0.2) is 4.98 Å². The minimum Gasteiger partial charge on any atom is -0.343 e. The number of thiocarbonyl (C=S) groups is 1. The number of hydrogen-bond donors (Lipinski definition) is 2. The summed E-state index contributed by atoms with van der Waals surface area (Å²) in [7, 11) is 2.19. The fraction of sp³-hybridized carbons (Fsp3) is 0.261. The second-order valence-electron chi connectivity index (χ2n) is 7.64. The Hall–Kier alpha value is -2.35. The molecule has 2 N–H and O–H groups in total. The Bertz CT molecular complexity index is 1100. The van der Waals surface area contributed by atoms with E-state index >= 15 is 0 Å². The van der Waals surface area contributed by atoms with Gasteiger partial charge in [0.15, 0.2) is 5.11 Å². The molecule has 1 atom stereocenters. The van der Waals surface area contributed by atoms with Crippen LogP contribution >= 0.6 is 28.1 Å². The summed E-state index contributed by atoms with van der Waals surface area (Å²) < 4.78 is 0.968. The van der Waals surface area contributed by atoms with Crippen LogP contribution in [0.25, 0.3) is 22.2 Å². The molecule has 1 aromatic heterocycles. The molecule has 7 heteroatoms. The molecule has 2 heterocycles. The van der Waals surface area contributed by atoms with Crippen LogP contribution in [0, 0.1) is 0 Å². The first-order chi connectivity index (χ1) is 14.5. The van der Waals surface area contributed by atoms with Crippen molar-refractivity contribution >= 4 is 50.1 Å². The van der Waals surface area contributed by atoms with E-state index in [1.54, 1.807) is 0 Å². The van der Waals surface area contributed by atoms with Crippen LogP contribution in [0.1, 0.15) is 16.8 Å². The number of para-hydroxylation sites is 1. The molecule has 0 aliphatic carbocycles. The van der Waals surface area contributed by atoms with Gasteiger partial charge in [-0.1, -0.05) is 46.3 Å². The summed E-state index contributed by atoms with van der Waals surface area (Å²) in [4.78, 5) is 21.6. The number of nitrogens with one attached hydrogen (secondary N) is 2. The minimum absolute atomic E-state index is 0.195. The van der Waals surface area contributed by atoms with Crippen LogP contribution in [-0.4, -0.2) is 54.1 Å². The Morgan fingerprint density at radius 2 is 1.97 bits per heavy atom. The molecular formula is C23H24BrN4OS+. The average molecular weight is 484 g/mol. The molecule has 0 spiro atoms. The first-order valence-electron chi connectivity index (χ1n) is 10.1. The van der Waals surface area contributed by atoms with Crippen molar-refractivity contribution in [3.8, 4) is 11.3 Å². The number of likely N-dealkylation sites (N-methyl/N-ethyl adjacent to an activating group) is 1. The zero-order valence-electron chi connectivity index (χ0n) is 16.8. The van der Waals surface area contributed by atoms with Crippen molar-refractivity contribution in [2.45, 2.75) is 6.42 Å². The molecule has 154 valence electrons. The Morgan fingerprint density at radius 1 is 1.13 bits per heavy atom. The summed E-state index contributed by atoms with van der Waals surface area (Å²) in [5.74, 6) is -0.195.